The molecule has 6 nitrogen and oxygen atoms in total. The van der Waals surface area contributed by atoms with Gasteiger partial charge >= 0.3 is 16.8 Å². The summed E-state index contributed by atoms with van der Waals surface area (Å²) in [5.74, 6) is -1.10. The van der Waals surface area contributed by atoms with E-state index in [0.717, 1.165) is 25.7 Å². The molecule has 0 aromatic heterocycles. The van der Waals surface area contributed by atoms with E-state index in [0.29, 0.717) is 9.98 Å². The van der Waals surface area contributed by atoms with Gasteiger partial charge in [0.15, 0.2) is 0 Å². The van der Waals surface area contributed by atoms with Gasteiger partial charge in [-0.15, -0.1) is 0 Å². The van der Waals surface area contributed by atoms with Gasteiger partial charge in [0.2, 0.25) is 0 Å². The molecule has 2 aliphatic carbocycles. The molecular formula is C15H22CoN4O2S2. The van der Waals surface area contributed by atoms with Crippen LogP contribution in [0, 0.1) is 10.8 Å². The molecule has 0 aromatic rings. The quantitative estimate of drug-likeness (QED) is 0.278. The zero-order valence-electron chi connectivity index (χ0n) is 14.3. The molecule has 0 heterocycles. The second-order valence-corrected chi connectivity index (χ2v) is 7.72. The Bertz CT molecular complexity index is 536. The predicted molar refractivity (Wildman–Crippen MR) is 94.9 cm³/mol. The van der Waals surface area contributed by atoms with E-state index < -0.39 is 11.8 Å². The van der Waals surface area contributed by atoms with Gasteiger partial charge in [0, 0.05) is 31.3 Å². The summed E-state index contributed by atoms with van der Waals surface area (Å²) >= 11 is 10.6. The van der Waals surface area contributed by atoms with Crippen LogP contribution in [-0.2, 0) is 16.8 Å². The van der Waals surface area contributed by atoms with Gasteiger partial charge in [-0.3, -0.25) is 10.0 Å². The predicted octanol–water partition coefficient (Wildman–Crippen LogP) is 0.840. The van der Waals surface area contributed by atoms with Crippen molar-refractivity contribution in [3.8, 4) is 0 Å². The Morgan fingerprint density at radius 1 is 0.875 bits per heavy atom. The van der Waals surface area contributed by atoms with Crippen LogP contribution in [0.5, 0.6) is 0 Å². The van der Waals surface area contributed by atoms with Crippen molar-refractivity contribution >= 4 is 46.2 Å². The van der Waals surface area contributed by atoms with Crippen molar-refractivity contribution in [3.05, 3.63) is 0 Å². The zero-order chi connectivity index (χ0) is 17.4. The molecule has 1 radical (unpaired) electrons. The van der Waals surface area contributed by atoms with E-state index in [4.69, 9.17) is 24.4 Å². The van der Waals surface area contributed by atoms with E-state index >= 15 is 0 Å². The van der Waals surface area contributed by atoms with Crippen LogP contribution in [0.2, 0.25) is 0 Å². The average Bonchev–Trinajstić information content (AvgIpc) is 3.37. The standard InChI is InChI=1S/C15H24N4O2S2.Co/c1-14(5-6-14)12(22)18(3)16-10(20)9-11(21)17-19(4)13(23)15(2)7-8-15;/h5-9H2,1-4H3,(H,16,20)(H,17,21);/q;+2/p-2. The van der Waals surface area contributed by atoms with Crippen LogP contribution in [0.4, 0.5) is 0 Å². The van der Waals surface area contributed by atoms with Gasteiger partial charge in [-0.2, -0.15) is 10.2 Å². The molecule has 0 bridgehead atoms. The fourth-order valence-corrected chi connectivity index (χ4v) is 2.70. The molecular weight excluding hydrogens is 391 g/mol. The third-order valence-corrected chi connectivity index (χ3v) is 5.96. The maximum absolute atomic E-state index is 11.9. The molecule has 0 amide bonds. The number of rotatable bonds is 6. The van der Waals surface area contributed by atoms with Gasteiger partial charge in [0.05, 0.1) is 0 Å². The molecule has 0 unspecified atom stereocenters. The van der Waals surface area contributed by atoms with Crippen molar-refractivity contribution in [2.24, 2.45) is 21.0 Å². The van der Waals surface area contributed by atoms with Gasteiger partial charge < -0.3 is 10.2 Å². The molecule has 135 valence electrons. The third-order valence-electron chi connectivity index (χ3n) is 4.45. The monoisotopic (exact) mass is 413 g/mol. The Morgan fingerprint density at radius 3 is 1.42 bits per heavy atom. The fourth-order valence-electron chi connectivity index (χ4n) is 2.21. The minimum Gasteiger partial charge on any atom is -0.860 e. The number of hydrogen-bond donors (Lipinski definition) is 0. The summed E-state index contributed by atoms with van der Waals surface area (Å²) in [6, 6.07) is 0. The van der Waals surface area contributed by atoms with Crippen molar-refractivity contribution in [2.45, 2.75) is 46.0 Å². The Labute approximate surface area is 164 Å². The van der Waals surface area contributed by atoms with Gasteiger partial charge in [-0.1, -0.05) is 38.3 Å². The minimum atomic E-state index is -0.551. The number of nitrogens with zero attached hydrogens (tertiary/aromatic N) is 4. The molecule has 2 rings (SSSR count). The summed E-state index contributed by atoms with van der Waals surface area (Å²) < 4.78 is 0. The number of hydrazone groups is 2. The molecule has 24 heavy (non-hydrogen) atoms. The smallest absolute Gasteiger partial charge is 0.860 e. The Kier molecular flexibility index (Phi) is 6.76. The molecule has 2 fully saturated rings. The van der Waals surface area contributed by atoms with Crippen LogP contribution >= 0.6 is 24.4 Å². The van der Waals surface area contributed by atoms with E-state index in [1.54, 1.807) is 14.1 Å². The molecule has 0 saturated heterocycles. The first-order valence-corrected chi connectivity index (χ1v) is 8.44. The van der Waals surface area contributed by atoms with Crippen molar-refractivity contribution in [3.63, 3.8) is 0 Å². The summed E-state index contributed by atoms with van der Waals surface area (Å²) in [4.78, 5) is 1.27. The number of hydrogen-bond acceptors (Lipinski definition) is 6. The van der Waals surface area contributed by atoms with Crippen LogP contribution in [-0.4, -0.2) is 45.9 Å². The maximum atomic E-state index is 11.9. The van der Waals surface area contributed by atoms with E-state index in [9.17, 15) is 10.2 Å². The van der Waals surface area contributed by atoms with Crippen LogP contribution in [0.25, 0.3) is 0 Å². The Balaban J connectivity index is 0.00000288. The molecule has 2 aliphatic rings. The molecule has 9 heteroatoms. The summed E-state index contributed by atoms with van der Waals surface area (Å²) in [5.41, 5.74) is -0.0667. The van der Waals surface area contributed by atoms with Crippen LogP contribution in [0.15, 0.2) is 10.2 Å². The molecule has 2 saturated carbocycles. The Morgan fingerprint density at radius 2 is 1.17 bits per heavy atom. The largest absolute Gasteiger partial charge is 2.00 e. The second kappa shape index (κ2) is 7.63. The summed E-state index contributed by atoms with van der Waals surface area (Å²) in [6.07, 6.45) is 3.65. The van der Waals surface area contributed by atoms with E-state index in [1.807, 2.05) is 13.8 Å². The third kappa shape index (κ3) is 5.11. The van der Waals surface area contributed by atoms with Gasteiger partial charge in [0.1, 0.15) is 9.98 Å². The van der Waals surface area contributed by atoms with Gasteiger partial charge in [-0.05, 0) is 37.5 Å². The van der Waals surface area contributed by atoms with Crippen LogP contribution in [0.1, 0.15) is 46.0 Å². The second-order valence-electron chi connectivity index (χ2n) is 6.94. The summed E-state index contributed by atoms with van der Waals surface area (Å²) in [7, 11) is 3.28. The van der Waals surface area contributed by atoms with Crippen molar-refractivity contribution in [2.75, 3.05) is 14.1 Å². The topological polar surface area (TPSA) is 77.3 Å². The van der Waals surface area contributed by atoms with Crippen molar-refractivity contribution in [1.29, 1.82) is 0 Å². The first kappa shape index (κ1) is 21.3. The van der Waals surface area contributed by atoms with Gasteiger partial charge in [0.25, 0.3) is 0 Å². The fraction of sp³-hybridized carbons (Fsp3) is 0.733. The summed E-state index contributed by atoms with van der Waals surface area (Å²) in [5, 5.41) is 34.3. The molecule has 0 spiro atoms. The molecule has 0 atom stereocenters. The Hall–Kier alpha value is -0.774. The van der Waals surface area contributed by atoms with E-state index in [2.05, 4.69) is 10.2 Å². The maximum Gasteiger partial charge on any atom is 2.00 e. The average molecular weight is 413 g/mol. The number of thiocarbonyl (C=S) groups is 2. The molecule has 0 N–H and O–H groups in total. The first-order valence-electron chi connectivity index (χ1n) is 7.63. The van der Waals surface area contributed by atoms with E-state index in [-0.39, 0.29) is 34.0 Å². The van der Waals surface area contributed by atoms with Crippen LogP contribution < -0.4 is 10.2 Å². The normalized spacial score (nSPS) is 20.7. The van der Waals surface area contributed by atoms with Crippen molar-refractivity contribution < 1.29 is 27.0 Å². The zero-order valence-corrected chi connectivity index (χ0v) is 17.0. The van der Waals surface area contributed by atoms with Crippen LogP contribution in [0.3, 0.4) is 0 Å². The van der Waals surface area contributed by atoms with E-state index in [1.165, 1.54) is 10.0 Å². The molecule has 0 aliphatic heterocycles. The molecule has 0 aromatic carbocycles. The van der Waals surface area contributed by atoms with Crippen molar-refractivity contribution in [1.82, 2.24) is 10.0 Å². The first-order chi connectivity index (χ1) is 10.6. The SMILES string of the molecule is CN(/N=C(\[O-])C/C([O-])=N/N(C)C(=S)C1(C)CC1)C(=S)C1(C)CC1.[Co+2]. The summed E-state index contributed by atoms with van der Waals surface area (Å²) in [6.45, 7) is 4.08. The van der Waals surface area contributed by atoms with Gasteiger partial charge in [-0.25, -0.2) is 0 Å². The minimum absolute atomic E-state index is 0.